The van der Waals surface area contributed by atoms with E-state index in [1.54, 1.807) is 6.92 Å². The summed E-state index contributed by atoms with van der Waals surface area (Å²) in [4.78, 5) is 13.3. The first kappa shape index (κ1) is 12.2. The molecule has 76 valence electrons. The minimum atomic E-state index is -0.0489. The second kappa shape index (κ2) is 6.66. The second-order valence-corrected chi connectivity index (χ2v) is 3.06. The summed E-state index contributed by atoms with van der Waals surface area (Å²) in [6, 6.07) is 0. The van der Waals surface area contributed by atoms with E-state index >= 15 is 0 Å². The summed E-state index contributed by atoms with van der Waals surface area (Å²) >= 11 is 0. The number of carbonyl (C=O) groups is 1. The van der Waals surface area contributed by atoms with Crippen molar-refractivity contribution in [3.63, 3.8) is 0 Å². The average molecular weight is 184 g/mol. The number of amides is 1. The summed E-state index contributed by atoms with van der Waals surface area (Å²) in [6.45, 7) is 13.2. The minimum Gasteiger partial charge on any atom is -0.351 e. The van der Waals surface area contributed by atoms with Crippen molar-refractivity contribution in [1.29, 1.82) is 0 Å². The topological polar surface area (TPSA) is 32.3 Å². The quantitative estimate of drug-likeness (QED) is 0.625. The third-order valence-electron chi connectivity index (χ3n) is 2.00. The van der Waals surface area contributed by atoms with Crippen LogP contribution in [0.15, 0.2) is 12.2 Å². The highest BCUT2D eigenvalue weighted by Crippen LogP contribution is 1.87. The van der Waals surface area contributed by atoms with Crippen LogP contribution in [0.3, 0.4) is 0 Å². The van der Waals surface area contributed by atoms with Crippen molar-refractivity contribution in [2.45, 2.75) is 20.8 Å². The molecule has 3 heteroatoms. The van der Waals surface area contributed by atoms with Gasteiger partial charge < -0.3 is 10.2 Å². The molecule has 13 heavy (non-hydrogen) atoms. The van der Waals surface area contributed by atoms with Crippen molar-refractivity contribution >= 4 is 5.91 Å². The zero-order valence-corrected chi connectivity index (χ0v) is 8.89. The summed E-state index contributed by atoms with van der Waals surface area (Å²) in [5.41, 5.74) is 0.569. The number of hydrogen-bond donors (Lipinski definition) is 1. The normalized spacial score (nSPS) is 10.2. The van der Waals surface area contributed by atoms with Gasteiger partial charge in [0.15, 0.2) is 0 Å². The molecule has 0 rings (SSSR count). The third kappa shape index (κ3) is 5.42. The van der Waals surface area contributed by atoms with E-state index in [1.807, 2.05) is 0 Å². The van der Waals surface area contributed by atoms with E-state index in [-0.39, 0.29) is 5.91 Å². The van der Waals surface area contributed by atoms with Gasteiger partial charge in [-0.15, -0.1) is 0 Å². The molecule has 0 aliphatic rings. The number of rotatable bonds is 6. The lowest BCUT2D eigenvalue weighted by Crippen LogP contribution is -2.34. The largest absolute Gasteiger partial charge is 0.351 e. The zero-order chi connectivity index (χ0) is 10.3. The lowest BCUT2D eigenvalue weighted by molar-refractivity contribution is -0.117. The van der Waals surface area contributed by atoms with Gasteiger partial charge in [0, 0.05) is 18.7 Å². The van der Waals surface area contributed by atoms with Gasteiger partial charge in [-0.1, -0.05) is 20.4 Å². The van der Waals surface area contributed by atoms with Crippen LogP contribution in [0.2, 0.25) is 0 Å². The number of nitrogens with zero attached hydrogens (tertiary/aromatic N) is 1. The number of nitrogens with one attached hydrogen (secondary N) is 1. The summed E-state index contributed by atoms with van der Waals surface area (Å²) < 4.78 is 0. The molecule has 0 spiro atoms. The van der Waals surface area contributed by atoms with Gasteiger partial charge >= 0.3 is 0 Å². The molecular weight excluding hydrogens is 164 g/mol. The Bertz CT molecular complexity index is 174. The molecule has 0 atom stereocenters. The summed E-state index contributed by atoms with van der Waals surface area (Å²) in [5.74, 6) is -0.0489. The van der Waals surface area contributed by atoms with Crippen LogP contribution in [0.1, 0.15) is 20.8 Å². The van der Waals surface area contributed by atoms with Crippen LogP contribution < -0.4 is 5.32 Å². The number of hydrogen-bond acceptors (Lipinski definition) is 2. The van der Waals surface area contributed by atoms with E-state index in [1.165, 1.54) is 0 Å². The fourth-order valence-corrected chi connectivity index (χ4v) is 1.02. The monoisotopic (exact) mass is 184 g/mol. The van der Waals surface area contributed by atoms with Crippen molar-refractivity contribution in [3.05, 3.63) is 12.2 Å². The van der Waals surface area contributed by atoms with Gasteiger partial charge in [-0.3, -0.25) is 4.79 Å². The summed E-state index contributed by atoms with van der Waals surface area (Å²) in [7, 11) is 0. The first-order chi connectivity index (χ1) is 6.11. The first-order valence-electron chi connectivity index (χ1n) is 4.77. The van der Waals surface area contributed by atoms with Crippen molar-refractivity contribution in [1.82, 2.24) is 10.2 Å². The smallest absolute Gasteiger partial charge is 0.246 e. The number of carbonyl (C=O) groups excluding carboxylic acids is 1. The van der Waals surface area contributed by atoms with Gasteiger partial charge in [0.25, 0.3) is 0 Å². The molecule has 0 fully saturated rings. The van der Waals surface area contributed by atoms with Gasteiger partial charge in [0.1, 0.15) is 0 Å². The van der Waals surface area contributed by atoms with Crippen molar-refractivity contribution in [2.75, 3.05) is 26.2 Å². The third-order valence-corrected chi connectivity index (χ3v) is 2.00. The SMILES string of the molecule is C=C(C)C(=O)NCCN(CC)CC. The number of likely N-dealkylation sites (N-methyl/N-ethyl adjacent to an activating group) is 1. The molecule has 0 saturated heterocycles. The predicted molar refractivity (Wildman–Crippen MR) is 55.6 cm³/mol. The maximum Gasteiger partial charge on any atom is 0.246 e. The molecule has 0 radical (unpaired) electrons. The molecule has 3 nitrogen and oxygen atoms in total. The fourth-order valence-electron chi connectivity index (χ4n) is 1.02. The first-order valence-corrected chi connectivity index (χ1v) is 4.77. The molecule has 0 aromatic heterocycles. The highest BCUT2D eigenvalue weighted by atomic mass is 16.1. The van der Waals surface area contributed by atoms with Crippen LogP contribution in [0.4, 0.5) is 0 Å². The Hall–Kier alpha value is -0.830. The minimum absolute atomic E-state index is 0.0489. The van der Waals surface area contributed by atoms with E-state index in [2.05, 4.69) is 30.6 Å². The Morgan fingerprint density at radius 3 is 2.31 bits per heavy atom. The molecule has 0 heterocycles. The van der Waals surface area contributed by atoms with Crippen molar-refractivity contribution in [3.8, 4) is 0 Å². The van der Waals surface area contributed by atoms with Crippen LogP contribution in [0, 0.1) is 0 Å². The Balaban J connectivity index is 3.54. The van der Waals surface area contributed by atoms with E-state index < -0.39 is 0 Å². The van der Waals surface area contributed by atoms with Crippen LogP contribution in [0.5, 0.6) is 0 Å². The molecule has 0 aliphatic carbocycles. The van der Waals surface area contributed by atoms with Crippen LogP contribution in [0.25, 0.3) is 0 Å². The Kier molecular flexibility index (Phi) is 6.24. The molecule has 0 aromatic carbocycles. The molecule has 0 bridgehead atoms. The van der Waals surface area contributed by atoms with Crippen LogP contribution in [-0.4, -0.2) is 37.0 Å². The van der Waals surface area contributed by atoms with Crippen LogP contribution >= 0.6 is 0 Å². The molecular formula is C10H20N2O. The van der Waals surface area contributed by atoms with Gasteiger partial charge in [-0.2, -0.15) is 0 Å². The van der Waals surface area contributed by atoms with E-state index in [0.29, 0.717) is 12.1 Å². The standard InChI is InChI=1S/C10H20N2O/c1-5-12(6-2)8-7-11-10(13)9(3)4/h3,5-8H2,1-2,4H3,(H,11,13). The highest BCUT2D eigenvalue weighted by Gasteiger charge is 2.01. The average Bonchev–Trinajstić information content (AvgIpc) is 2.12. The lowest BCUT2D eigenvalue weighted by Gasteiger charge is -2.17. The van der Waals surface area contributed by atoms with Crippen molar-refractivity contribution < 1.29 is 4.79 Å². The molecule has 0 aliphatic heterocycles. The summed E-state index contributed by atoms with van der Waals surface area (Å²) in [6.07, 6.45) is 0. The van der Waals surface area contributed by atoms with Gasteiger partial charge in [-0.25, -0.2) is 0 Å². The second-order valence-electron chi connectivity index (χ2n) is 3.06. The van der Waals surface area contributed by atoms with Crippen LogP contribution in [-0.2, 0) is 4.79 Å². The molecule has 0 aromatic rings. The molecule has 1 amide bonds. The van der Waals surface area contributed by atoms with E-state index in [9.17, 15) is 4.79 Å². The molecule has 0 saturated carbocycles. The lowest BCUT2D eigenvalue weighted by atomic mass is 10.3. The van der Waals surface area contributed by atoms with Gasteiger partial charge in [0.05, 0.1) is 0 Å². The molecule has 1 N–H and O–H groups in total. The Labute approximate surface area is 80.8 Å². The Morgan fingerprint density at radius 2 is 1.92 bits per heavy atom. The zero-order valence-electron chi connectivity index (χ0n) is 8.89. The molecule has 0 unspecified atom stereocenters. The van der Waals surface area contributed by atoms with E-state index in [0.717, 1.165) is 19.6 Å². The predicted octanol–water partition coefficient (Wildman–Crippen LogP) is 1.02. The van der Waals surface area contributed by atoms with E-state index in [4.69, 9.17) is 0 Å². The maximum absolute atomic E-state index is 11.1. The van der Waals surface area contributed by atoms with Gasteiger partial charge in [0.2, 0.25) is 5.91 Å². The van der Waals surface area contributed by atoms with Gasteiger partial charge in [-0.05, 0) is 20.0 Å². The highest BCUT2D eigenvalue weighted by molar-refractivity contribution is 5.92. The summed E-state index contributed by atoms with van der Waals surface area (Å²) in [5, 5.41) is 2.80. The fraction of sp³-hybridized carbons (Fsp3) is 0.700. The Morgan fingerprint density at radius 1 is 1.38 bits per heavy atom. The van der Waals surface area contributed by atoms with Crippen molar-refractivity contribution in [2.24, 2.45) is 0 Å². The maximum atomic E-state index is 11.1.